The maximum atomic E-state index is 11.6. The van der Waals surface area contributed by atoms with Gasteiger partial charge in [-0.1, -0.05) is 30.3 Å². The molecule has 0 aliphatic rings. The van der Waals surface area contributed by atoms with Crippen molar-refractivity contribution in [3.05, 3.63) is 35.9 Å². The molecule has 0 fully saturated rings. The Kier molecular flexibility index (Phi) is 10.2. The number of amides is 1. The second kappa shape index (κ2) is 10.8. The number of hydrogen-bond donors (Lipinski definition) is 1. The average Bonchev–Trinajstić information content (AvgIpc) is 2.41. The molecular formula is C14H23ClN2O2. The third-order valence-electron chi connectivity index (χ3n) is 2.73. The van der Waals surface area contributed by atoms with E-state index in [2.05, 4.69) is 17.4 Å². The molecule has 0 heterocycles. The summed E-state index contributed by atoms with van der Waals surface area (Å²) in [5.74, 6) is 0.0262. The number of ether oxygens (including phenoxy) is 1. The Bertz CT molecular complexity index is 347. The smallest absolute Gasteiger partial charge is 0.248 e. The number of benzene rings is 1. The monoisotopic (exact) mass is 286 g/mol. The third-order valence-corrected chi connectivity index (χ3v) is 2.73. The van der Waals surface area contributed by atoms with Gasteiger partial charge in [0, 0.05) is 20.1 Å². The fourth-order valence-electron chi connectivity index (χ4n) is 1.51. The highest BCUT2D eigenvalue weighted by Crippen LogP contribution is 1.99. The zero-order chi connectivity index (χ0) is 13.2. The minimum atomic E-state index is 0. The Labute approximate surface area is 121 Å². The van der Waals surface area contributed by atoms with Crippen molar-refractivity contribution in [3.8, 4) is 0 Å². The Morgan fingerprint density at radius 3 is 2.63 bits per heavy atom. The predicted molar refractivity (Wildman–Crippen MR) is 79.8 cm³/mol. The summed E-state index contributed by atoms with van der Waals surface area (Å²) in [6, 6.07) is 10.1. The topological polar surface area (TPSA) is 41.6 Å². The number of halogens is 1. The van der Waals surface area contributed by atoms with Crippen molar-refractivity contribution in [1.29, 1.82) is 0 Å². The second-order valence-electron chi connectivity index (χ2n) is 4.21. The van der Waals surface area contributed by atoms with E-state index in [0.717, 1.165) is 13.0 Å². The maximum Gasteiger partial charge on any atom is 0.248 e. The van der Waals surface area contributed by atoms with Gasteiger partial charge in [-0.05, 0) is 19.0 Å². The van der Waals surface area contributed by atoms with Crippen LogP contribution in [0.4, 0.5) is 0 Å². The van der Waals surface area contributed by atoms with Crippen LogP contribution in [0.15, 0.2) is 30.3 Å². The summed E-state index contributed by atoms with van der Waals surface area (Å²) >= 11 is 0. The van der Waals surface area contributed by atoms with Gasteiger partial charge in [0.05, 0.1) is 6.61 Å². The van der Waals surface area contributed by atoms with E-state index in [1.807, 2.05) is 25.2 Å². The molecule has 1 amide bonds. The fourth-order valence-corrected chi connectivity index (χ4v) is 1.51. The zero-order valence-corrected chi connectivity index (χ0v) is 12.4. The van der Waals surface area contributed by atoms with E-state index in [1.165, 1.54) is 5.56 Å². The fraction of sp³-hybridized carbons (Fsp3) is 0.500. The van der Waals surface area contributed by atoms with Crippen LogP contribution < -0.4 is 5.32 Å². The lowest BCUT2D eigenvalue weighted by Crippen LogP contribution is -2.35. The summed E-state index contributed by atoms with van der Waals surface area (Å²) in [4.78, 5) is 13.3. The van der Waals surface area contributed by atoms with Crippen molar-refractivity contribution in [2.75, 3.05) is 40.4 Å². The number of carbonyl (C=O) groups is 1. The molecule has 0 aliphatic heterocycles. The average molecular weight is 287 g/mol. The van der Waals surface area contributed by atoms with Crippen LogP contribution in [0.25, 0.3) is 0 Å². The molecule has 1 N–H and O–H groups in total. The number of nitrogens with zero attached hydrogens (tertiary/aromatic N) is 1. The van der Waals surface area contributed by atoms with Crippen molar-refractivity contribution in [1.82, 2.24) is 10.2 Å². The molecule has 0 saturated heterocycles. The van der Waals surface area contributed by atoms with Gasteiger partial charge in [0.1, 0.15) is 6.61 Å². The van der Waals surface area contributed by atoms with Crippen LogP contribution in [0.1, 0.15) is 5.56 Å². The number of carbonyl (C=O) groups excluding carboxylic acids is 1. The SMILES string of the molecule is CNCCN(C)C(=O)COCCc1ccccc1.Cl. The Balaban J connectivity index is 0.00000324. The lowest BCUT2D eigenvalue weighted by Gasteiger charge is -2.16. The molecule has 0 radical (unpaired) electrons. The van der Waals surface area contributed by atoms with Crippen LogP contribution in [0, 0.1) is 0 Å². The summed E-state index contributed by atoms with van der Waals surface area (Å²) in [6.45, 7) is 2.24. The van der Waals surface area contributed by atoms with Crippen molar-refractivity contribution < 1.29 is 9.53 Å². The molecule has 0 atom stereocenters. The van der Waals surface area contributed by atoms with Crippen LogP contribution in [-0.4, -0.2) is 51.2 Å². The van der Waals surface area contributed by atoms with Gasteiger partial charge in [0.15, 0.2) is 0 Å². The highest BCUT2D eigenvalue weighted by molar-refractivity contribution is 5.85. The molecule has 0 bridgehead atoms. The first-order valence-electron chi connectivity index (χ1n) is 6.24. The molecule has 19 heavy (non-hydrogen) atoms. The lowest BCUT2D eigenvalue weighted by atomic mass is 10.2. The molecule has 1 aromatic rings. The highest BCUT2D eigenvalue weighted by Gasteiger charge is 2.07. The van der Waals surface area contributed by atoms with E-state index in [-0.39, 0.29) is 24.9 Å². The summed E-state index contributed by atoms with van der Waals surface area (Å²) in [6.07, 6.45) is 0.842. The van der Waals surface area contributed by atoms with Crippen molar-refractivity contribution in [2.45, 2.75) is 6.42 Å². The first-order chi connectivity index (χ1) is 8.74. The highest BCUT2D eigenvalue weighted by atomic mass is 35.5. The molecule has 0 spiro atoms. The van der Waals surface area contributed by atoms with Gasteiger partial charge >= 0.3 is 0 Å². The summed E-state index contributed by atoms with van der Waals surface area (Å²) in [5, 5.41) is 3.01. The number of rotatable bonds is 8. The second-order valence-corrected chi connectivity index (χ2v) is 4.21. The van der Waals surface area contributed by atoms with Crippen molar-refractivity contribution in [2.24, 2.45) is 0 Å². The molecule has 5 heteroatoms. The van der Waals surface area contributed by atoms with Crippen molar-refractivity contribution in [3.63, 3.8) is 0 Å². The van der Waals surface area contributed by atoms with Crippen LogP contribution in [0.5, 0.6) is 0 Å². The van der Waals surface area contributed by atoms with Crippen molar-refractivity contribution >= 4 is 18.3 Å². The summed E-state index contributed by atoms with van der Waals surface area (Å²) < 4.78 is 5.39. The Hall–Kier alpha value is -1.10. The van der Waals surface area contributed by atoms with Crippen LogP contribution in [0.2, 0.25) is 0 Å². The third kappa shape index (κ3) is 7.82. The minimum absolute atomic E-state index is 0. The van der Waals surface area contributed by atoms with Gasteiger partial charge in [0.25, 0.3) is 0 Å². The van der Waals surface area contributed by atoms with Gasteiger partial charge in [-0.3, -0.25) is 4.79 Å². The Morgan fingerprint density at radius 2 is 2.00 bits per heavy atom. The molecule has 0 saturated carbocycles. The van der Waals surface area contributed by atoms with Crippen LogP contribution >= 0.6 is 12.4 Å². The summed E-state index contributed by atoms with van der Waals surface area (Å²) in [7, 11) is 3.66. The molecule has 1 rings (SSSR count). The van der Waals surface area contributed by atoms with E-state index in [1.54, 1.807) is 11.9 Å². The normalized spacial score (nSPS) is 9.79. The Morgan fingerprint density at radius 1 is 1.32 bits per heavy atom. The standard InChI is InChI=1S/C14H22N2O2.ClH/c1-15-9-10-16(2)14(17)12-18-11-8-13-6-4-3-5-7-13;/h3-7,15H,8-12H2,1-2H3;1H. The molecular weight excluding hydrogens is 264 g/mol. The van der Waals surface area contributed by atoms with Crippen LogP contribution in [0.3, 0.4) is 0 Å². The van der Waals surface area contributed by atoms with E-state index >= 15 is 0 Å². The lowest BCUT2D eigenvalue weighted by molar-refractivity contribution is -0.134. The molecule has 0 aromatic heterocycles. The molecule has 108 valence electrons. The van der Waals surface area contributed by atoms with E-state index in [9.17, 15) is 4.79 Å². The van der Waals surface area contributed by atoms with Gasteiger partial charge in [-0.2, -0.15) is 0 Å². The predicted octanol–water partition coefficient (Wildman–Crippen LogP) is 1.35. The quantitative estimate of drug-likeness (QED) is 0.734. The van der Waals surface area contributed by atoms with Gasteiger partial charge < -0.3 is 15.0 Å². The maximum absolute atomic E-state index is 11.6. The number of hydrogen-bond acceptors (Lipinski definition) is 3. The first-order valence-corrected chi connectivity index (χ1v) is 6.24. The minimum Gasteiger partial charge on any atom is -0.371 e. The molecule has 4 nitrogen and oxygen atoms in total. The molecule has 0 aliphatic carbocycles. The van der Waals surface area contributed by atoms with Gasteiger partial charge in [-0.25, -0.2) is 0 Å². The zero-order valence-electron chi connectivity index (χ0n) is 11.6. The number of nitrogens with one attached hydrogen (secondary N) is 1. The van der Waals surface area contributed by atoms with E-state index in [0.29, 0.717) is 13.2 Å². The van der Waals surface area contributed by atoms with Crippen LogP contribution in [-0.2, 0) is 16.0 Å². The first kappa shape index (κ1) is 17.9. The largest absolute Gasteiger partial charge is 0.371 e. The van der Waals surface area contributed by atoms with Gasteiger partial charge in [-0.15, -0.1) is 12.4 Å². The summed E-state index contributed by atoms with van der Waals surface area (Å²) in [5.41, 5.74) is 1.23. The number of likely N-dealkylation sites (N-methyl/N-ethyl adjacent to an activating group) is 2. The molecule has 1 aromatic carbocycles. The van der Waals surface area contributed by atoms with E-state index in [4.69, 9.17) is 4.74 Å². The molecule has 0 unspecified atom stereocenters. The van der Waals surface area contributed by atoms with E-state index < -0.39 is 0 Å². The van der Waals surface area contributed by atoms with Gasteiger partial charge in [0.2, 0.25) is 5.91 Å².